The number of nitrogens with one attached hydrogen (secondary N) is 2. The maximum atomic E-state index is 13.6. The first-order valence-corrected chi connectivity index (χ1v) is 9.43. The minimum absolute atomic E-state index is 0.0158. The topological polar surface area (TPSA) is 104 Å². The summed E-state index contributed by atoms with van der Waals surface area (Å²) in [5.41, 5.74) is 1.76. The number of nitrogens with zero attached hydrogens (tertiary/aromatic N) is 4. The average Bonchev–Trinajstić information content (AvgIpc) is 3.17. The standard InChI is InChI=1S/C21H18F2N6O2/c22-14-8-13(9-15(23)10-14)17-4-5-20-25-12-18(29(20)28-17)21(31)27-19-3-1-2-16(26-19)11-24-6-7-30/h1-5,8-10,12,24,30H,6-7,11H2,(H,26,27,31). The van der Waals surface area contributed by atoms with Crippen molar-refractivity contribution in [3.63, 3.8) is 0 Å². The molecule has 158 valence electrons. The zero-order valence-electron chi connectivity index (χ0n) is 16.2. The largest absolute Gasteiger partial charge is 0.395 e. The Morgan fingerprint density at radius 2 is 1.90 bits per heavy atom. The number of rotatable bonds is 7. The van der Waals surface area contributed by atoms with Gasteiger partial charge in [0, 0.05) is 24.7 Å². The van der Waals surface area contributed by atoms with Crippen LogP contribution in [0.3, 0.4) is 0 Å². The second kappa shape index (κ2) is 8.94. The number of benzene rings is 1. The van der Waals surface area contributed by atoms with Crippen LogP contribution >= 0.6 is 0 Å². The van der Waals surface area contributed by atoms with Gasteiger partial charge < -0.3 is 15.7 Å². The highest BCUT2D eigenvalue weighted by molar-refractivity contribution is 6.02. The van der Waals surface area contributed by atoms with Crippen LogP contribution in [0.2, 0.25) is 0 Å². The number of aromatic nitrogens is 4. The molecule has 8 nitrogen and oxygen atoms in total. The summed E-state index contributed by atoms with van der Waals surface area (Å²) >= 11 is 0. The molecule has 10 heteroatoms. The maximum absolute atomic E-state index is 13.6. The molecule has 0 fully saturated rings. The van der Waals surface area contributed by atoms with Gasteiger partial charge in [-0.05, 0) is 36.4 Å². The second-order valence-electron chi connectivity index (χ2n) is 6.66. The summed E-state index contributed by atoms with van der Waals surface area (Å²) in [7, 11) is 0. The van der Waals surface area contributed by atoms with E-state index in [0.717, 1.165) is 18.2 Å². The van der Waals surface area contributed by atoms with Gasteiger partial charge in [0.15, 0.2) is 11.3 Å². The third-order valence-electron chi connectivity index (χ3n) is 4.40. The Morgan fingerprint density at radius 1 is 1.10 bits per heavy atom. The van der Waals surface area contributed by atoms with Gasteiger partial charge in [0.25, 0.3) is 5.91 Å². The molecule has 0 bridgehead atoms. The van der Waals surface area contributed by atoms with E-state index in [1.807, 2.05) is 0 Å². The van der Waals surface area contributed by atoms with Crippen molar-refractivity contribution in [3.8, 4) is 11.3 Å². The predicted molar refractivity (Wildman–Crippen MR) is 109 cm³/mol. The quantitative estimate of drug-likeness (QED) is 0.394. The van der Waals surface area contributed by atoms with Crippen LogP contribution in [0.1, 0.15) is 16.2 Å². The van der Waals surface area contributed by atoms with Crippen molar-refractivity contribution in [2.75, 3.05) is 18.5 Å². The molecule has 3 N–H and O–H groups in total. The number of carbonyl (C=O) groups is 1. The van der Waals surface area contributed by atoms with Gasteiger partial charge in [-0.2, -0.15) is 5.10 Å². The Balaban J connectivity index is 1.59. The maximum Gasteiger partial charge on any atom is 0.277 e. The molecule has 1 aromatic carbocycles. The number of halogens is 2. The summed E-state index contributed by atoms with van der Waals surface area (Å²) in [5, 5.41) is 18.9. The van der Waals surface area contributed by atoms with Crippen LogP contribution in [0.4, 0.5) is 14.6 Å². The predicted octanol–water partition coefficient (Wildman–Crippen LogP) is 2.40. The van der Waals surface area contributed by atoms with Crippen LogP contribution in [-0.2, 0) is 6.54 Å². The second-order valence-corrected chi connectivity index (χ2v) is 6.66. The molecule has 0 aliphatic carbocycles. The van der Waals surface area contributed by atoms with Gasteiger partial charge in [0.1, 0.15) is 17.5 Å². The number of hydrogen-bond donors (Lipinski definition) is 3. The molecule has 0 aliphatic heterocycles. The summed E-state index contributed by atoms with van der Waals surface area (Å²) in [5.74, 6) is -1.60. The van der Waals surface area contributed by atoms with Gasteiger partial charge in [-0.1, -0.05) is 6.07 Å². The number of amides is 1. The number of fused-ring (bicyclic) bond motifs is 1. The fraction of sp³-hybridized carbons (Fsp3) is 0.143. The lowest BCUT2D eigenvalue weighted by Crippen LogP contribution is -2.19. The van der Waals surface area contributed by atoms with Gasteiger partial charge in [-0.25, -0.2) is 23.3 Å². The Morgan fingerprint density at radius 3 is 2.68 bits per heavy atom. The molecule has 3 aromatic heterocycles. The zero-order chi connectivity index (χ0) is 21.8. The monoisotopic (exact) mass is 424 g/mol. The minimum atomic E-state index is -0.722. The minimum Gasteiger partial charge on any atom is -0.395 e. The van der Waals surface area contributed by atoms with Crippen molar-refractivity contribution in [1.82, 2.24) is 24.9 Å². The number of aliphatic hydroxyl groups excluding tert-OH is 1. The van der Waals surface area contributed by atoms with E-state index in [9.17, 15) is 13.6 Å². The van der Waals surface area contributed by atoms with Crippen LogP contribution in [-0.4, -0.2) is 43.7 Å². The molecule has 0 radical (unpaired) electrons. The molecule has 0 aliphatic rings. The van der Waals surface area contributed by atoms with E-state index in [1.54, 1.807) is 30.3 Å². The van der Waals surface area contributed by atoms with Crippen molar-refractivity contribution >= 4 is 17.4 Å². The Labute approximate surface area is 175 Å². The molecule has 4 rings (SSSR count). The molecule has 0 saturated heterocycles. The molecule has 0 unspecified atom stereocenters. The van der Waals surface area contributed by atoms with Gasteiger partial charge in [0.2, 0.25) is 0 Å². The lowest BCUT2D eigenvalue weighted by atomic mass is 10.1. The average molecular weight is 424 g/mol. The van der Waals surface area contributed by atoms with E-state index in [2.05, 4.69) is 25.7 Å². The zero-order valence-corrected chi connectivity index (χ0v) is 16.2. The molecule has 31 heavy (non-hydrogen) atoms. The summed E-state index contributed by atoms with van der Waals surface area (Å²) in [6.07, 6.45) is 1.36. The third-order valence-corrected chi connectivity index (χ3v) is 4.40. The lowest BCUT2D eigenvalue weighted by Gasteiger charge is -2.08. The number of imidazole rings is 1. The third kappa shape index (κ3) is 4.71. The number of anilines is 1. The highest BCUT2D eigenvalue weighted by atomic mass is 19.1. The number of pyridine rings is 1. The van der Waals surface area contributed by atoms with Crippen molar-refractivity contribution < 1.29 is 18.7 Å². The number of hydrogen-bond acceptors (Lipinski definition) is 6. The fourth-order valence-corrected chi connectivity index (χ4v) is 3.01. The molecule has 4 aromatic rings. The van der Waals surface area contributed by atoms with E-state index >= 15 is 0 Å². The SMILES string of the molecule is O=C(Nc1cccc(CNCCO)n1)c1cnc2ccc(-c3cc(F)cc(F)c3)nn12. The van der Waals surface area contributed by atoms with Gasteiger partial charge in [-0.15, -0.1) is 0 Å². The first-order chi connectivity index (χ1) is 15.0. The number of aliphatic hydroxyl groups is 1. The molecule has 0 atom stereocenters. The van der Waals surface area contributed by atoms with Gasteiger partial charge in [-0.3, -0.25) is 4.79 Å². The highest BCUT2D eigenvalue weighted by Crippen LogP contribution is 2.21. The van der Waals surface area contributed by atoms with E-state index in [1.165, 1.54) is 10.7 Å². The molecular weight excluding hydrogens is 406 g/mol. The van der Waals surface area contributed by atoms with E-state index in [0.29, 0.717) is 30.2 Å². The molecule has 0 spiro atoms. The van der Waals surface area contributed by atoms with E-state index in [4.69, 9.17) is 5.11 Å². The summed E-state index contributed by atoms with van der Waals surface area (Å²) in [6, 6.07) is 11.5. The molecule has 0 saturated carbocycles. The molecule has 3 heterocycles. The van der Waals surface area contributed by atoms with Crippen molar-refractivity contribution in [1.29, 1.82) is 0 Å². The van der Waals surface area contributed by atoms with Crippen molar-refractivity contribution in [2.45, 2.75) is 6.54 Å². The lowest BCUT2D eigenvalue weighted by molar-refractivity contribution is 0.102. The molecule has 1 amide bonds. The van der Waals surface area contributed by atoms with Crippen LogP contribution in [0, 0.1) is 11.6 Å². The highest BCUT2D eigenvalue weighted by Gasteiger charge is 2.15. The van der Waals surface area contributed by atoms with E-state index < -0.39 is 17.5 Å². The first-order valence-electron chi connectivity index (χ1n) is 9.43. The van der Waals surface area contributed by atoms with Crippen LogP contribution in [0.25, 0.3) is 16.9 Å². The van der Waals surface area contributed by atoms with Gasteiger partial charge in [0.05, 0.1) is 24.2 Å². The first kappa shape index (κ1) is 20.5. The summed E-state index contributed by atoms with van der Waals surface area (Å²) in [6.45, 7) is 0.889. The Hall–Kier alpha value is -3.76. The van der Waals surface area contributed by atoms with Crippen LogP contribution < -0.4 is 10.6 Å². The van der Waals surface area contributed by atoms with Gasteiger partial charge >= 0.3 is 0 Å². The normalized spacial score (nSPS) is 11.1. The van der Waals surface area contributed by atoms with E-state index in [-0.39, 0.29) is 23.6 Å². The van der Waals surface area contributed by atoms with Crippen molar-refractivity contribution in [3.05, 3.63) is 77.8 Å². The van der Waals surface area contributed by atoms with Crippen LogP contribution in [0.5, 0.6) is 0 Å². The molecular formula is C21H18F2N6O2. The van der Waals surface area contributed by atoms with Crippen LogP contribution in [0.15, 0.2) is 54.7 Å². The Kier molecular flexibility index (Phi) is 5.92. The fourth-order valence-electron chi connectivity index (χ4n) is 3.01. The van der Waals surface area contributed by atoms with Crippen molar-refractivity contribution in [2.24, 2.45) is 0 Å². The Bertz CT molecular complexity index is 1220. The summed E-state index contributed by atoms with van der Waals surface area (Å²) < 4.78 is 28.5. The number of carbonyl (C=O) groups excluding carboxylic acids is 1. The summed E-state index contributed by atoms with van der Waals surface area (Å²) in [4.78, 5) is 21.3. The smallest absolute Gasteiger partial charge is 0.277 e.